The molecule has 3 N–H and O–H groups in total. The summed E-state index contributed by atoms with van der Waals surface area (Å²) in [6.45, 7) is 0.859. The van der Waals surface area contributed by atoms with Gasteiger partial charge in [-0.15, -0.1) is 0 Å². The van der Waals surface area contributed by atoms with E-state index in [-0.39, 0.29) is 18.4 Å². The number of hydrogen-bond acceptors (Lipinski definition) is 4. The third-order valence-corrected chi connectivity index (χ3v) is 4.51. The third-order valence-electron chi connectivity index (χ3n) is 4.51. The Morgan fingerprint density at radius 1 is 0.833 bits per heavy atom. The molecule has 3 aromatic carbocycles. The zero-order valence-electron chi connectivity index (χ0n) is 16.9. The summed E-state index contributed by atoms with van der Waals surface area (Å²) in [5.74, 6) is 0.210. The smallest absolute Gasteiger partial charge is 0.257 e. The highest BCUT2D eigenvalue weighted by molar-refractivity contribution is 6.10. The van der Waals surface area contributed by atoms with Crippen molar-refractivity contribution < 1.29 is 14.3 Å². The van der Waals surface area contributed by atoms with Gasteiger partial charge in [-0.05, 0) is 54.9 Å². The highest BCUT2D eigenvalue weighted by atomic mass is 16.5. The molecule has 0 aliphatic carbocycles. The first-order valence-corrected chi connectivity index (χ1v) is 9.74. The van der Waals surface area contributed by atoms with Gasteiger partial charge in [-0.1, -0.05) is 42.5 Å². The lowest BCUT2D eigenvalue weighted by molar-refractivity contribution is -0.115. The minimum atomic E-state index is -0.298. The van der Waals surface area contributed by atoms with Crippen molar-refractivity contribution in [3.05, 3.63) is 90.0 Å². The number of nitrogens with one attached hydrogen (secondary N) is 3. The van der Waals surface area contributed by atoms with Crippen LogP contribution in [0.3, 0.4) is 0 Å². The second kappa shape index (κ2) is 10.8. The highest BCUT2D eigenvalue weighted by Gasteiger charge is 2.13. The molecule has 3 aromatic rings. The van der Waals surface area contributed by atoms with E-state index in [4.69, 9.17) is 4.74 Å². The van der Waals surface area contributed by atoms with E-state index in [2.05, 4.69) is 28.1 Å². The molecule has 0 saturated carbocycles. The van der Waals surface area contributed by atoms with Crippen LogP contribution in [0.25, 0.3) is 0 Å². The fourth-order valence-electron chi connectivity index (χ4n) is 2.94. The van der Waals surface area contributed by atoms with Crippen LogP contribution in [0.2, 0.25) is 0 Å². The minimum absolute atomic E-state index is 0.168. The van der Waals surface area contributed by atoms with Gasteiger partial charge in [0.15, 0.2) is 0 Å². The molecule has 0 atom stereocenters. The van der Waals surface area contributed by atoms with Crippen LogP contribution in [0.15, 0.2) is 78.9 Å². The molecule has 0 bridgehead atoms. The summed E-state index contributed by atoms with van der Waals surface area (Å²) in [4.78, 5) is 25.0. The van der Waals surface area contributed by atoms with Crippen molar-refractivity contribution in [3.63, 3.8) is 0 Å². The molecule has 30 heavy (non-hydrogen) atoms. The maximum Gasteiger partial charge on any atom is 0.257 e. The van der Waals surface area contributed by atoms with Gasteiger partial charge in [-0.25, -0.2) is 0 Å². The Kier molecular flexibility index (Phi) is 7.58. The number of rotatable bonds is 9. The van der Waals surface area contributed by atoms with E-state index < -0.39 is 0 Å². The van der Waals surface area contributed by atoms with Crippen LogP contribution in [0, 0.1) is 0 Å². The maximum absolute atomic E-state index is 12.7. The van der Waals surface area contributed by atoms with E-state index in [0.29, 0.717) is 29.2 Å². The Morgan fingerprint density at radius 3 is 2.27 bits per heavy atom. The second-order valence-corrected chi connectivity index (χ2v) is 6.69. The number of hydrogen-bond donors (Lipinski definition) is 3. The first-order valence-electron chi connectivity index (χ1n) is 9.74. The number of carbonyl (C=O) groups is 2. The summed E-state index contributed by atoms with van der Waals surface area (Å²) in [7, 11) is 1.59. The molecule has 6 nitrogen and oxygen atoms in total. The molecule has 6 heteroatoms. The van der Waals surface area contributed by atoms with Crippen LogP contribution < -0.4 is 20.7 Å². The summed E-state index contributed by atoms with van der Waals surface area (Å²) < 4.78 is 5.12. The van der Waals surface area contributed by atoms with Crippen molar-refractivity contribution in [2.45, 2.75) is 6.42 Å². The molecule has 3 rings (SSSR count). The lowest BCUT2D eigenvalue weighted by Crippen LogP contribution is -2.30. The van der Waals surface area contributed by atoms with E-state index >= 15 is 0 Å². The van der Waals surface area contributed by atoms with Crippen LogP contribution in [-0.2, 0) is 11.2 Å². The van der Waals surface area contributed by atoms with Crippen molar-refractivity contribution in [3.8, 4) is 5.75 Å². The van der Waals surface area contributed by atoms with Gasteiger partial charge in [0.25, 0.3) is 5.91 Å². The van der Waals surface area contributed by atoms with Crippen LogP contribution in [-0.4, -0.2) is 32.0 Å². The highest BCUT2D eigenvalue weighted by Crippen LogP contribution is 2.19. The Balaban J connectivity index is 1.53. The van der Waals surface area contributed by atoms with E-state index in [9.17, 15) is 9.59 Å². The number of para-hydroxylation sites is 1. The molecule has 0 saturated heterocycles. The molecular formula is C24H25N3O3. The predicted molar refractivity (Wildman–Crippen MR) is 119 cm³/mol. The molecule has 0 unspecified atom stereocenters. The van der Waals surface area contributed by atoms with Gasteiger partial charge in [-0.3, -0.25) is 9.59 Å². The molecule has 0 fully saturated rings. The fourth-order valence-corrected chi connectivity index (χ4v) is 2.94. The van der Waals surface area contributed by atoms with Crippen LogP contribution >= 0.6 is 0 Å². The quantitative estimate of drug-likeness (QED) is 0.476. The molecular weight excluding hydrogens is 378 g/mol. The standard InChI is InChI=1S/C24H25N3O3/c1-30-20-13-11-19(12-14-20)26-24(29)21-9-5-6-10-22(21)27-23(28)17-25-16-15-18-7-3-2-4-8-18/h2-14,25H,15-17H2,1H3,(H,26,29)(H,27,28). The van der Waals surface area contributed by atoms with Crippen molar-refractivity contribution in [2.24, 2.45) is 0 Å². The summed E-state index contributed by atoms with van der Waals surface area (Å²) in [6, 6.07) is 24.1. The van der Waals surface area contributed by atoms with E-state index in [1.807, 2.05) is 18.2 Å². The molecule has 0 heterocycles. The Bertz CT molecular complexity index is 973. The summed E-state index contributed by atoms with van der Waals surface area (Å²) >= 11 is 0. The summed E-state index contributed by atoms with van der Waals surface area (Å²) in [5, 5.41) is 8.77. The number of methoxy groups -OCH3 is 1. The van der Waals surface area contributed by atoms with Crippen LogP contribution in [0.1, 0.15) is 15.9 Å². The number of amides is 2. The van der Waals surface area contributed by atoms with Crippen molar-refractivity contribution in [1.82, 2.24) is 5.32 Å². The zero-order valence-corrected chi connectivity index (χ0v) is 16.9. The first kappa shape index (κ1) is 21.1. The van der Waals surface area contributed by atoms with Crippen LogP contribution in [0.4, 0.5) is 11.4 Å². The molecule has 2 amide bonds. The second-order valence-electron chi connectivity index (χ2n) is 6.69. The number of ether oxygens (including phenoxy) is 1. The predicted octanol–water partition coefficient (Wildman–Crippen LogP) is 3.72. The van der Waals surface area contributed by atoms with E-state index in [0.717, 1.165) is 6.42 Å². The van der Waals surface area contributed by atoms with Gasteiger partial charge in [0.2, 0.25) is 5.91 Å². The van der Waals surface area contributed by atoms with Gasteiger partial charge in [0.1, 0.15) is 5.75 Å². The normalized spacial score (nSPS) is 10.3. The number of carbonyl (C=O) groups excluding carboxylic acids is 2. The summed E-state index contributed by atoms with van der Waals surface area (Å²) in [6.07, 6.45) is 0.842. The SMILES string of the molecule is COc1ccc(NC(=O)c2ccccc2NC(=O)CNCCc2ccccc2)cc1. The molecule has 0 spiro atoms. The van der Waals surface area contributed by atoms with E-state index in [1.54, 1.807) is 55.6 Å². The summed E-state index contributed by atoms with van der Waals surface area (Å²) in [5.41, 5.74) is 2.72. The molecule has 0 radical (unpaired) electrons. The fraction of sp³-hybridized carbons (Fsp3) is 0.167. The van der Waals surface area contributed by atoms with Crippen LogP contribution in [0.5, 0.6) is 5.75 Å². The average molecular weight is 403 g/mol. The Morgan fingerprint density at radius 2 is 1.53 bits per heavy atom. The third kappa shape index (κ3) is 6.18. The maximum atomic E-state index is 12.7. The molecule has 0 aliphatic rings. The minimum Gasteiger partial charge on any atom is -0.497 e. The van der Waals surface area contributed by atoms with Crippen molar-refractivity contribution >= 4 is 23.2 Å². The molecule has 154 valence electrons. The van der Waals surface area contributed by atoms with Gasteiger partial charge >= 0.3 is 0 Å². The van der Waals surface area contributed by atoms with Gasteiger partial charge in [0.05, 0.1) is 24.9 Å². The van der Waals surface area contributed by atoms with Crippen molar-refractivity contribution in [2.75, 3.05) is 30.8 Å². The first-order chi connectivity index (χ1) is 14.7. The number of benzene rings is 3. The van der Waals surface area contributed by atoms with Crippen molar-refractivity contribution in [1.29, 1.82) is 0 Å². The average Bonchev–Trinajstić information content (AvgIpc) is 2.78. The number of anilines is 2. The van der Waals surface area contributed by atoms with E-state index in [1.165, 1.54) is 5.56 Å². The van der Waals surface area contributed by atoms with Gasteiger partial charge in [0, 0.05) is 5.69 Å². The zero-order chi connectivity index (χ0) is 21.2. The Labute approximate surface area is 176 Å². The molecule has 0 aliphatic heterocycles. The Hall–Kier alpha value is -3.64. The lowest BCUT2D eigenvalue weighted by Gasteiger charge is -2.12. The lowest BCUT2D eigenvalue weighted by atomic mass is 10.1. The van der Waals surface area contributed by atoms with Gasteiger partial charge < -0.3 is 20.7 Å². The topological polar surface area (TPSA) is 79.5 Å². The largest absolute Gasteiger partial charge is 0.497 e. The van der Waals surface area contributed by atoms with Gasteiger partial charge in [-0.2, -0.15) is 0 Å². The monoisotopic (exact) mass is 403 g/mol. The molecule has 0 aromatic heterocycles.